The molecule has 0 spiro atoms. The topological polar surface area (TPSA) is 87.2 Å². The van der Waals surface area contributed by atoms with E-state index in [1.54, 1.807) is 18.6 Å². The summed E-state index contributed by atoms with van der Waals surface area (Å²) in [5.41, 5.74) is 8.74. The molecule has 0 aliphatic carbocycles. The van der Waals surface area contributed by atoms with E-state index in [0.717, 1.165) is 44.8 Å². The van der Waals surface area contributed by atoms with Gasteiger partial charge >= 0.3 is 27.0 Å². The Bertz CT molecular complexity index is 5390. The molecule has 8 nitrogen and oxygen atoms in total. The maximum Gasteiger partial charge on any atom is 0 e. The van der Waals surface area contributed by atoms with Crippen LogP contribution in [0.2, 0.25) is 0 Å². The van der Waals surface area contributed by atoms with Crippen molar-refractivity contribution in [3.05, 3.63) is 495 Å². The zero-order valence-corrected chi connectivity index (χ0v) is 89.6. The first kappa shape index (κ1) is 105. The number of hydrogen-bond acceptors (Lipinski definition) is 6. The molecular formula is C118H120BrClN8P4PdZn. The van der Waals surface area contributed by atoms with Crippen molar-refractivity contribution in [3.63, 3.8) is 0 Å². The van der Waals surface area contributed by atoms with E-state index in [-0.39, 0.29) is 31.3 Å². The first-order valence-corrected chi connectivity index (χ1v) is 55.3. The van der Waals surface area contributed by atoms with Crippen LogP contribution in [0.1, 0.15) is 155 Å². The third-order valence-corrected chi connectivity index (χ3v) is 31.5. The van der Waals surface area contributed by atoms with E-state index < -0.39 is 31.7 Å². The van der Waals surface area contributed by atoms with Crippen molar-refractivity contribution in [2.75, 3.05) is 0 Å². The van der Waals surface area contributed by atoms with Gasteiger partial charge in [-0.3, -0.25) is 4.57 Å². The Labute approximate surface area is 839 Å². The van der Waals surface area contributed by atoms with Crippen LogP contribution in [0.3, 0.4) is 0 Å². The van der Waals surface area contributed by atoms with Crippen LogP contribution in [0, 0.1) is 6.33 Å². The van der Waals surface area contributed by atoms with Crippen LogP contribution in [0.4, 0.5) is 0 Å². The molecule has 18 aromatic rings. The monoisotopic (exact) mass is 2060 g/mol. The van der Waals surface area contributed by atoms with E-state index in [1.165, 1.54) is 97.3 Å². The summed E-state index contributed by atoms with van der Waals surface area (Å²) in [6.45, 7) is 30.5. The van der Waals surface area contributed by atoms with Gasteiger partial charge in [0.25, 0.3) is 0 Å². The van der Waals surface area contributed by atoms with Crippen molar-refractivity contribution in [1.29, 1.82) is 0 Å². The van der Waals surface area contributed by atoms with Gasteiger partial charge in [0.2, 0.25) is 0 Å². The molecule has 0 saturated heterocycles. The Morgan fingerprint density at radius 3 is 0.679 bits per heavy atom. The number of halogens is 2. The predicted octanol–water partition coefficient (Wildman–Crippen LogP) is 26.8. The van der Waals surface area contributed by atoms with E-state index in [0.29, 0.717) is 23.7 Å². The Kier molecular flexibility index (Phi) is 43.2. The van der Waals surface area contributed by atoms with Gasteiger partial charge in [-0.05, 0) is 152 Å². The van der Waals surface area contributed by atoms with Crippen LogP contribution >= 0.6 is 57.3 Å². The van der Waals surface area contributed by atoms with Gasteiger partial charge in [-0.2, -0.15) is 0 Å². The number of nitrogens with zero attached hydrogens (tertiary/aromatic N) is 8. The molecule has 0 amide bonds. The molecule has 18 rings (SSSR count). The van der Waals surface area contributed by atoms with Crippen LogP contribution in [-0.4, -0.2) is 39.0 Å². The molecule has 4 heterocycles. The summed E-state index contributed by atoms with van der Waals surface area (Å²) in [5.74, 6) is 4.45. The van der Waals surface area contributed by atoms with Crippen molar-refractivity contribution in [2.24, 2.45) is 0 Å². The quantitative estimate of drug-likeness (QED) is 0.0455. The van der Waals surface area contributed by atoms with Gasteiger partial charge < -0.3 is 9.55 Å². The van der Waals surface area contributed by atoms with Crippen LogP contribution in [-0.2, 0) is 48.6 Å². The van der Waals surface area contributed by atoms with Gasteiger partial charge in [0.15, 0.2) is 0 Å². The fraction of sp³-hybridized carbons (Fsp3) is 0.169. The smallest absolute Gasteiger partial charge is 0 e. The van der Waals surface area contributed by atoms with E-state index >= 15 is 0 Å². The van der Waals surface area contributed by atoms with Gasteiger partial charge in [-0.1, -0.05) is 521 Å². The fourth-order valence-electron chi connectivity index (χ4n) is 14.9. The van der Waals surface area contributed by atoms with Gasteiger partial charge in [-0.15, -0.1) is 0 Å². The van der Waals surface area contributed by atoms with Crippen molar-refractivity contribution < 1.29 is 37.7 Å². The van der Waals surface area contributed by atoms with E-state index in [1.807, 2.05) is 35.6 Å². The van der Waals surface area contributed by atoms with Crippen LogP contribution in [0.15, 0.2) is 454 Å². The van der Waals surface area contributed by atoms with Gasteiger partial charge in [0, 0.05) is 74.8 Å². The number of aromatic nitrogens is 8. The number of para-hydroxylation sites is 2. The second-order valence-electron chi connectivity index (χ2n) is 34.6. The summed E-state index contributed by atoms with van der Waals surface area (Å²) in [5, 5.41) is 16.8. The molecule has 4 aromatic heterocycles. The first-order chi connectivity index (χ1) is 64.6. The predicted molar refractivity (Wildman–Crippen MR) is 577 cm³/mol. The van der Waals surface area contributed by atoms with E-state index in [4.69, 9.17) is 9.69 Å². The second kappa shape index (κ2) is 54.8. The number of hydrogen-bond donors (Lipinski definition) is 0. The maximum atomic E-state index is 4.76. The molecule has 0 unspecified atom stereocenters. The van der Waals surface area contributed by atoms with Gasteiger partial charge in [0.05, 0.1) is 15.7 Å². The number of rotatable bonds is 19. The summed E-state index contributed by atoms with van der Waals surface area (Å²) in [6, 6.07) is 142. The number of imidazole rings is 2. The summed E-state index contributed by atoms with van der Waals surface area (Å²) in [4.78, 5) is 26.2. The molecule has 16 heteroatoms. The first-order valence-electron chi connectivity index (χ1n) is 45.2. The minimum atomic E-state index is -0.446. The van der Waals surface area contributed by atoms with Crippen LogP contribution in [0.25, 0.3) is 22.8 Å². The standard InChI is InChI=1S/C23H30N4.4C18H15P.C15H19N2.C8H11BrN2.ClH.Pd.Zn/c1-15(2)18-9-8-10-19(16(3)4)20(18)27-12-11-24-21(27)17-13-25-22(26-14-17)23(5,6)7;4*1-4-10-16(11-5-1)19(17-12-6-2-7-13-17)18-14-8-3-9-15-18;1-11(2)13-6-5-7-14(12(3)4)15(13)17-9-8-16-10-17;1-8(2,3)7-10-4-6(9)5-11-7;;;/h8-16H,1-7H3;4*1-15H;5-9,11-12H,1-4H3;4-5H,1-3H3;1H;;/q;;;;;-1;;;;+2/p-1. The Balaban J connectivity index is 0.000000163. The average Bonchev–Trinajstić information content (AvgIpc) is 1.53. The Hall–Kier alpha value is -10.6. The molecule has 0 radical (unpaired) electrons. The summed E-state index contributed by atoms with van der Waals surface area (Å²) in [7, 11) is 2.98. The summed E-state index contributed by atoms with van der Waals surface area (Å²) >= 11 is 4.13. The van der Waals surface area contributed by atoms with Crippen LogP contribution < -0.4 is 63.7 Å². The third-order valence-electron chi connectivity index (χ3n) is 21.3. The van der Waals surface area contributed by atoms with Crippen molar-refractivity contribution in [1.82, 2.24) is 39.0 Å². The minimum Gasteiger partial charge on any atom is -0.0622 e. The molecule has 14 aromatic carbocycles. The molecular weight excluding hydrogens is 1940 g/mol. The Morgan fingerprint density at radius 1 is 0.276 bits per heavy atom. The van der Waals surface area contributed by atoms with E-state index in [9.17, 15) is 0 Å². The van der Waals surface area contributed by atoms with Crippen molar-refractivity contribution >= 4 is 121 Å². The van der Waals surface area contributed by atoms with Crippen molar-refractivity contribution in [2.45, 2.75) is 131 Å². The molecule has 0 atom stereocenters. The molecule has 678 valence electrons. The molecule has 0 saturated carbocycles. The van der Waals surface area contributed by atoms with Crippen LogP contribution in [0.5, 0.6) is 0 Å². The average molecular weight is 2060 g/mol. The summed E-state index contributed by atoms with van der Waals surface area (Å²) < 4.78 is 5.12. The second-order valence-corrected chi connectivity index (χ2v) is 44.4. The molecule has 0 aliphatic heterocycles. The zero-order valence-electron chi connectivity index (χ0n) is 79.2. The van der Waals surface area contributed by atoms with E-state index in [2.05, 4.69) is 554 Å². The molecule has 0 fully saturated rings. The van der Waals surface area contributed by atoms with Gasteiger partial charge in [-0.25, -0.2) is 24.9 Å². The SMILES string of the molecule is CC(C)(C)c1ncc(Br)cn1.CC(C)c1cccc(C(C)C)c1-n1[c-]ncc1.CC(C)c1cccc(C(C)C)c1-n1ccnc1-c1cnc(C(C)(C)C)nc1.[Cl][Zn+].[Pd].c1ccc(P(c2ccccc2)c2ccccc2)cc1.c1ccc(P(c2ccccc2)c2ccccc2)cc1.c1ccc(P(c2ccccc2)c2ccccc2)cc1.c1ccc(P(c2ccccc2)c2ccccc2)cc1. The third kappa shape index (κ3) is 31.0. The molecule has 0 aliphatic rings. The van der Waals surface area contributed by atoms with Crippen molar-refractivity contribution in [3.8, 4) is 22.8 Å². The summed E-state index contributed by atoms with van der Waals surface area (Å²) in [6.07, 6.45) is 18.0. The normalized spacial score (nSPS) is 10.9. The fourth-order valence-corrected chi connectivity index (χ4v) is 24.3. The zero-order chi connectivity index (χ0) is 94.3. The largest absolute Gasteiger partial charge is 0.0622 e. The number of benzene rings is 14. The molecule has 0 N–H and O–H groups in total. The Morgan fingerprint density at radius 2 is 0.485 bits per heavy atom. The van der Waals surface area contributed by atoms with Gasteiger partial charge in [0.1, 0.15) is 17.5 Å². The minimum absolute atomic E-state index is 0. The molecule has 134 heavy (non-hydrogen) atoms. The molecule has 0 bridgehead atoms. The maximum absolute atomic E-state index is 4.76.